The number of aliphatic hydroxyl groups is 1. The van der Waals surface area contributed by atoms with Gasteiger partial charge in [0.1, 0.15) is 11.5 Å². The lowest BCUT2D eigenvalue weighted by Crippen LogP contribution is -2.28. The van der Waals surface area contributed by atoms with Crippen LogP contribution in [-0.4, -0.2) is 17.6 Å². The van der Waals surface area contributed by atoms with Gasteiger partial charge in [0.05, 0.1) is 6.10 Å². The van der Waals surface area contributed by atoms with Crippen molar-refractivity contribution in [2.24, 2.45) is 0 Å². The van der Waals surface area contributed by atoms with Crippen molar-refractivity contribution in [2.45, 2.75) is 25.9 Å². The van der Waals surface area contributed by atoms with E-state index in [2.05, 4.69) is 5.32 Å². The normalized spacial score (nSPS) is 12.3. The fraction of sp³-hybridized carbons (Fsp3) is 0.357. The number of aliphatic hydroxyl groups excluding tert-OH is 1. The molecule has 2 N–H and O–H groups in total. The topological polar surface area (TPSA) is 62.5 Å². The van der Waals surface area contributed by atoms with E-state index in [1.165, 1.54) is 11.3 Å². The third-order valence-corrected chi connectivity index (χ3v) is 3.52. The standard InChI is InChI=1S/C14H17NO3S/c1-10-2-3-12(18-10)4-5-14(17)15-8-13(16)11-6-7-19-9-11/h2-3,6-7,9,13,16H,4-5,8H2,1H3,(H,15,17). The Morgan fingerprint density at radius 3 is 2.95 bits per heavy atom. The molecule has 0 fully saturated rings. The highest BCUT2D eigenvalue weighted by atomic mass is 32.1. The molecular formula is C14H17NO3S. The van der Waals surface area contributed by atoms with Crippen molar-refractivity contribution in [3.63, 3.8) is 0 Å². The van der Waals surface area contributed by atoms with Gasteiger partial charge in [-0.05, 0) is 41.4 Å². The first-order valence-electron chi connectivity index (χ1n) is 6.17. The van der Waals surface area contributed by atoms with Crippen LogP contribution in [0.25, 0.3) is 0 Å². The van der Waals surface area contributed by atoms with Gasteiger partial charge in [-0.25, -0.2) is 0 Å². The molecule has 1 unspecified atom stereocenters. The number of thiophene rings is 1. The molecule has 0 aliphatic rings. The molecule has 2 aromatic heterocycles. The van der Waals surface area contributed by atoms with E-state index in [9.17, 15) is 9.90 Å². The van der Waals surface area contributed by atoms with Crippen molar-refractivity contribution in [3.05, 3.63) is 46.0 Å². The van der Waals surface area contributed by atoms with Crippen molar-refractivity contribution >= 4 is 17.2 Å². The van der Waals surface area contributed by atoms with Crippen LogP contribution in [0.4, 0.5) is 0 Å². The maximum Gasteiger partial charge on any atom is 0.220 e. The van der Waals surface area contributed by atoms with Crippen LogP contribution in [-0.2, 0) is 11.2 Å². The number of nitrogens with one attached hydrogen (secondary N) is 1. The van der Waals surface area contributed by atoms with Crippen molar-refractivity contribution in [1.29, 1.82) is 0 Å². The van der Waals surface area contributed by atoms with Crippen LogP contribution < -0.4 is 5.32 Å². The van der Waals surface area contributed by atoms with Crippen LogP contribution in [0.1, 0.15) is 29.6 Å². The molecule has 0 aliphatic heterocycles. The first-order chi connectivity index (χ1) is 9.15. The zero-order valence-corrected chi connectivity index (χ0v) is 11.6. The van der Waals surface area contributed by atoms with Gasteiger partial charge < -0.3 is 14.8 Å². The summed E-state index contributed by atoms with van der Waals surface area (Å²) in [5, 5.41) is 16.3. The van der Waals surface area contributed by atoms with Crippen LogP contribution in [0.2, 0.25) is 0 Å². The fourth-order valence-corrected chi connectivity index (χ4v) is 2.44. The number of hydrogen-bond acceptors (Lipinski definition) is 4. The number of amides is 1. The summed E-state index contributed by atoms with van der Waals surface area (Å²) in [7, 11) is 0. The summed E-state index contributed by atoms with van der Waals surface area (Å²) in [5.74, 6) is 1.58. The summed E-state index contributed by atoms with van der Waals surface area (Å²) in [6.45, 7) is 2.12. The van der Waals surface area contributed by atoms with Gasteiger partial charge in [0, 0.05) is 19.4 Å². The molecule has 0 aromatic carbocycles. The van der Waals surface area contributed by atoms with E-state index in [4.69, 9.17) is 4.42 Å². The highest BCUT2D eigenvalue weighted by molar-refractivity contribution is 7.07. The number of hydrogen-bond donors (Lipinski definition) is 2. The molecule has 5 heteroatoms. The van der Waals surface area contributed by atoms with Gasteiger partial charge in [0.15, 0.2) is 0 Å². The average molecular weight is 279 g/mol. The molecule has 102 valence electrons. The van der Waals surface area contributed by atoms with E-state index < -0.39 is 6.10 Å². The highest BCUT2D eigenvalue weighted by Crippen LogP contribution is 2.15. The van der Waals surface area contributed by atoms with Gasteiger partial charge in [-0.2, -0.15) is 11.3 Å². The number of furan rings is 1. The zero-order chi connectivity index (χ0) is 13.7. The minimum Gasteiger partial charge on any atom is -0.466 e. The Morgan fingerprint density at radius 1 is 1.47 bits per heavy atom. The summed E-state index contributed by atoms with van der Waals surface area (Å²) in [6.07, 6.45) is 0.304. The van der Waals surface area contributed by atoms with Crippen molar-refractivity contribution in [2.75, 3.05) is 6.54 Å². The van der Waals surface area contributed by atoms with Crippen LogP contribution in [0.3, 0.4) is 0 Å². The van der Waals surface area contributed by atoms with E-state index in [1.54, 1.807) is 0 Å². The maximum absolute atomic E-state index is 11.6. The van der Waals surface area contributed by atoms with E-state index in [0.29, 0.717) is 12.8 Å². The Hall–Kier alpha value is -1.59. The van der Waals surface area contributed by atoms with Gasteiger partial charge >= 0.3 is 0 Å². The second-order valence-corrected chi connectivity index (χ2v) is 5.17. The van der Waals surface area contributed by atoms with Crippen LogP contribution >= 0.6 is 11.3 Å². The summed E-state index contributed by atoms with van der Waals surface area (Å²) >= 11 is 1.53. The molecule has 2 aromatic rings. The molecule has 19 heavy (non-hydrogen) atoms. The van der Waals surface area contributed by atoms with Crippen LogP contribution in [0, 0.1) is 6.92 Å². The molecule has 0 bridgehead atoms. The summed E-state index contributed by atoms with van der Waals surface area (Å²) < 4.78 is 5.39. The van der Waals surface area contributed by atoms with Crippen molar-refractivity contribution in [3.8, 4) is 0 Å². The highest BCUT2D eigenvalue weighted by Gasteiger charge is 2.10. The lowest BCUT2D eigenvalue weighted by Gasteiger charge is -2.10. The molecule has 0 saturated heterocycles. The smallest absolute Gasteiger partial charge is 0.220 e. The zero-order valence-electron chi connectivity index (χ0n) is 10.8. The second kappa shape index (κ2) is 6.54. The number of carbonyl (C=O) groups excluding carboxylic acids is 1. The van der Waals surface area contributed by atoms with Gasteiger partial charge in [-0.15, -0.1) is 0 Å². The largest absolute Gasteiger partial charge is 0.466 e. The van der Waals surface area contributed by atoms with E-state index in [-0.39, 0.29) is 12.5 Å². The predicted octanol–water partition coefficient (Wildman–Crippen LogP) is 2.43. The van der Waals surface area contributed by atoms with Crippen molar-refractivity contribution < 1.29 is 14.3 Å². The molecular weight excluding hydrogens is 262 g/mol. The van der Waals surface area contributed by atoms with Gasteiger partial charge in [0.2, 0.25) is 5.91 Å². The van der Waals surface area contributed by atoms with Gasteiger partial charge in [-0.1, -0.05) is 0 Å². The van der Waals surface area contributed by atoms with Gasteiger partial charge in [0.25, 0.3) is 0 Å². The summed E-state index contributed by atoms with van der Waals surface area (Å²) in [5.41, 5.74) is 0.840. The Bertz CT molecular complexity index is 519. The van der Waals surface area contributed by atoms with Gasteiger partial charge in [-0.3, -0.25) is 4.79 Å². The Morgan fingerprint density at radius 2 is 2.32 bits per heavy atom. The third kappa shape index (κ3) is 4.22. The van der Waals surface area contributed by atoms with E-state index in [0.717, 1.165) is 17.1 Å². The Kier molecular flexibility index (Phi) is 4.76. The average Bonchev–Trinajstić information content (AvgIpc) is 3.04. The molecule has 0 radical (unpaired) electrons. The minimum atomic E-state index is -0.638. The molecule has 0 spiro atoms. The number of carbonyl (C=O) groups is 1. The SMILES string of the molecule is Cc1ccc(CCC(=O)NCC(O)c2ccsc2)o1. The molecule has 4 nitrogen and oxygen atoms in total. The predicted molar refractivity (Wildman–Crippen MR) is 74.1 cm³/mol. The Labute approximate surface area is 116 Å². The monoisotopic (exact) mass is 279 g/mol. The molecule has 1 amide bonds. The van der Waals surface area contributed by atoms with E-state index in [1.807, 2.05) is 35.9 Å². The van der Waals surface area contributed by atoms with Crippen molar-refractivity contribution in [1.82, 2.24) is 5.32 Å². The first kappa shape index (κ1) is 13.8. The van der Waals surface area contributed by atoms with Crippen LogP contribution in [0.5, 0.6) is 0 Å². The fourth-order valence-electron chi connectivity index (χ4n) is 1.74. The summed E-state index contributed by atoms with van der Waals surface area (Å²) in [6, 6.07) is 5.61. The van der Waals surface area contributed by atoms with Crippen LogP contribution in [0.15, 0.2) is 33.4 Å². The minimum absolute atomic E-state index is 0.0802. The third-order valence-electron chi connectivity index (χ3n) is 2.82. The molecule has 2 rings (SSSR count). The lowest BCUT2D eigenvalue weighted by atomic mass is 10.2. The maximum atomic E-state index is 11.6. The number of rotatable bonds is 6. The number of aryl methyl sites for hydroxylation is 2. The second-order valence-electron chi connectivity index (χ2n) is 4.39. The van der Waals surface area contributed by atoms with E-state index >= 15 is 0 Å². The molecule has 0 aliphatic carbocycles. The lowest BCUT2D eigenvalue weighted by molar-refractivity contribution is -0.121. The first-order valence-corrected chi connectivity index (χ1v) is 7.11. The summed E-state index contributed by atoms with van der Waals surface area (Å²) in [4.78, 5) is 11.6. The quantitative estimate of drug-likeness (QED) is 0.853. The molecule has 0 saturated carbocycles. The molecule has 2 heterocycles. The molecule has 1 atom stereocenters. The Balaban J connectivity index is 1.70.